The van der Waals surface area contributed by atoms with E-state index < -0.39 is 0 Å². The lowest BCUT2D eigenvalue weighted by Crippen LogP contribution is -2.12. The van der Waals surface area contributed by atoms with E-state index in [4.69, 9.17) is 0 Å². The van der Waals surface area contributed by atoms with Crippen LogP contribution >= 0.6 is 11.3 Å². The van der Waals surface area contributed by atoms with E-state index in [1.807, 2.05) is 6.92 Å². The van der Waals surface area contributed by atoms with Crippen LogP contribution in [0.2, 0.25) is 0 Å². The highest BCUT2D eigenvalue weighted by Gasteiger charge is 2.09. The van der Waals surface area contributed by atoms with Crippen molar-refractivity contribution in [3.63, 3.8) is 0 Å². The summed E-state index contributed by atoms with van der Waals surface area (Å²) in [5, 5.41) is 14.1. The standard InChI is InChI=1S/C11H10N2O2S/c1-7-6-8(14)2-3-9(7)13-10(15)11-12-4-5-16-11/h2-6,14H,1H3,(H,13,15). The lowest BCUT2D eigenvalue weighted by molar-refractivity contribution is 0.102. The molecule has 0 aliphatic carbocycles. The van der Waals surface area contributed by atoms with Gasteiger partial charge in [0.2, 0.25) is 0 Å². The molecule has 0 unspecified atom stereocenters. The molecule has 1 aromatic heterocycles. The number of nitrogens with one attached hydrogen (secondary N) is 1. The normalized spacial score (nSPS) is 10.1. The first-order chi connectivity index (χ1) is 7.66. The number of anilines is 1. The maximum atomic E-state index is 11.7. The summed E-state index contributed by atoms with van der Waals surface area (Å²) in [4.78, 5) is 15.6. The fraction of sp³-hybridized carbons (Fsp3) is 0.0909. The van der Waals surface area contributed by atoms with Crippen molar-refractivity contribution in [3.05, 3.63) is 40.3 Å². The zero-order valence-corrected chi connectivity index (χ0v) is 9.41. The van der Waals surface area contributed by atoms with Crippen molar-refractivity contribution in [3.8, 4) is 5.75 Å². The number of carbonyl (C=O) groups excluding carboxylic acids is 1. The molecule has 1 heterocycles. The Morgan fingerprint density at radius 3 is 2.94 bits per heavy atom. The van der Waals surface area contributed by atoms with Crippen LogP contribution in [0.3, 0.4) is 0 Å². The Balaban J connectivity index is 2.18. The highest BCUT2D eigenvalue weighted by Crippen LogP contribution is 2.20. The van der Waals surface area contributed by atoms with Gasteiger partial charge in [-0.1, -0.05) is 0 Å². The maximum Gasteiger partial charge on any atom is 0.284 e. The third-order valence-electron chi connectivity index (χ3n) is 2.08. The van der Waals surface area contributed by atoms with E-state index in [0.717, 1.165) is 5.56 Å². The van der Waals surface area contributed by atoms with Gasteiger partial charge in [0.1, 0.15) is 5.75 Å². The number of aromatic nitrogens is 1. The zero-order valence-electron chi connectivity index (χ0n) is 8.60. The second kappa shape index (κ2) is 4.32. The number of aromatic hydroxyl groups is 1. The molecule has 0 aliphatic heterocycles. The molecule has 0 saturated carbocycles. The second-order valence-electron chi connectivity index (χ2n) is 3.29. The molecule has 0 fully saturated rings. The molecule has 16 heavy (non-hydrogen) atoms. The zero-order chi connectivity index (χ0) is 11.5. The average molecular weight is 234 g/mol. The molecule has 0 radical (unpaired) electrons. The molecular weight excluding hydrogens is 224 g/mol. The summed E-state index contributed by atoms with van der Waals surface area (Å²) in [5.41, 5.74) is 1.49. The van der Waals surface area contributed by atoms with Crippen LogP contribution in [0.25, 0.3) is 0 Å². The Hall–Kier alpha value is -1.88. The molecule has 0 aliphatic rings. The fourth-order valence-corrected chi connectivity index (χ4v) is 1.83. The number of phenols is 1. The number of benzene rings is 1. The smallest absolute Gasteiger partial charge is 0.284 e. The highest BCUT2D eigenvalue weighted by atomic mass is 32.1. The molecule has 2 rings (SSSR count). The number of phenolic OH excluding ortho intramolecular Hbond substituents is 1. The number of nitrogens with zero attached hydrogens (tertiary/aromatic N) is 1. The number of hydrogen-bond acceptors (Lipinski definition) is 4. The summed E-state index contributed by atoms with van der Waals surface area (Å²) < 4.78 is 0. The van der Waals surface area contributed by atoms with Crippen molar-refractivity contribution in [2.45, 2.75) is 6.92 Å². The Bertz CT molecular complexity index is 509. The second-order valence-corrected chi connectivity index (χ2v) is 4.19. The van der Waals surface area contributed by atoms with Gasteiger partial charge in [0.15, 0.2) is 5.01 Å². The predicted octanol–water partition coefficient (Wildman–Crippen LogP) is 2.41. The monoisotopic (exact) mass is 234 g/mol. The molecule has 5 heteroatoms. The van der Waals surface area contributed by atoms with Gasteiger partial charge in [0, 0.05) is 17.3 Å². The minimum Gasteiger partial charge on any atom is -0.508 e. The number of amides is 1. The molecule has 82 valence electrons. The maximum absolute atomic E-state index is 11.7. The van der Waals surface area contributed by atoms with Crippen LogP contribution in [-0.2, 0) is 0 Å². The largest absolute Gasteiger partial charge is 0.508 e. The van der Waals surface area contributed by atoms with Crippen LogP contribution in [0.15, 0.2) is 29.8 Å². The van der Waals surface area contributed by atoms with Crippen molar-refractivity contribution in [2.75, 3.05) is 5.32 Å². The molecule has 4 nitrogen and oxygen atoms in total. The molecule has 0 bridgehead atoms. The quantitative estimate of drug-likeness (QED) is 0.784. The van der Waals surface area contributed by atoms with Crippen LogP contribution in [0.4, 0.5) is 5.69 Å². The Morgan fingerprint density at radius 1 is 1.50 bits per heavy atom. The summed E-state index contributed by atoms with van der Waals surface area (Å²) in [6.07, 6.45) is 1.59. The van der Waals surface area contributed by atoms with Gasteiger partial charge in [0.05, 0.1) is 0 Å². The Morgan fingerprint density at radius 2 is 2.31 bits per heavy atom. The van der Waals surface area contributed by atoms with Crippen molar-refractivity contribution < 1.29 is 9.90 Å². The molecule has 0 atom stereocenters. The fourth-order valence-electron chi connectivity index (χ4n) is 1.30. The first kappa shape index (κ1) is 10.6. The van der Waals surface area contributed by atoms with E-state index >= 15 is 0 Å². The van der Waals surface area contributed by atoms with Crippen LogP contribution in [-0.4, -0.2) is 16.0 Å². The van der Waals surface area contributed by atoms with Gasteiger partial charge in [-0.05, 0) is 30.7 Å². The van der Waals surface area contributed by atoms with Gasteiger partial charge >= 0.3 is 0 Å². The van der Waals surface area contributed by atoms with Crippen molar-refractivity contribution in [1.82, 2.24) is 4.98 Å². The van der Waals surface area contributed by atoms with Crippen LogP contribution in [0.5, 0.6) is 5.75 Å². The first-order valence-corrected chi connectivity index (χ1v) is 5.55. The molecule has 2 aromatic rings. The van der Waals surface area contributed by atoms with Gasteiger partial charge in [-0.25, -0.2) is 4.98 Å². The molecule has 0 spiro atoms. The Kier molecular flexibility index (Phi) is 2.87. The predicted molar refractivity (Wildman–Crippen MR) is 62.9 cm³/mol. The third kappa shape index (κ3) is 2.20. The Labute approximate surface area is 96.6 Å². The number of aryl methyl sites for hydroxylation is 1. The summed E-state index contributed by atoms with van der Waals surface area (Å²) in [6, 6.07) is 4.79. The molecule has 0 saturated heterocycles. The van der Waals surface area contributed by atoms with E-state index in [2.05, 4.69) is 10.3 Å². The number of rotatable bonds is 2. The van der Waals surface area contributed by atoms with Gasteiger partial charge in [-0.2, -0.15) is 0 Å². The van der Waals surface area contributed by atoms with Crippen molar-refractivity contribution in [1.29, 1.82) is 0 Å². The van der Waals surface area contributed by atoms with E-state index in [1.54, 1.807) is 23.7 Å². The summed E-state index contributed by atoms with van der Waals surface area (Å²) >= 11 is 1.29. The van der Waals surface area contributed by atoms with Crippen LogP contribution in [0, 0.1) is 6.92 Å². The third-order valence-corrected chi connectivity index (χ3v) is 2.86. The van der Waals surface area contributed by atoms with E-state index in [9.17, 15) is 9.90 Å². The first-order valence-electron chi connectivity index (χ1n) is 4.67. The summed E-state index contributed by atoms with van der Waals surface area (Å²) in [6.45, 7) is 1.82. The minimum absolute atomic E-state index is 0.185. The van der Waals surface area contributed by atoms with E-state index in [-0.39, 0.29) is 11.7 Å². The summed E-state index contributed by atoms with van der Waals surface area (Å²) in [5.74, 6) is -0.0477. The molecule has 1 aromatic carbocycles. The number of carbonyl (C=O) groups is 1. The number of thiazole rings is 1. The topological polar surface area (TPSA) is 62.2 Å². The lowest BCUT2D eigenvalue weighted by atomic mass is 10.2. The van der Waals surface area contributed by atoms with Crippen molar-refractivity contribution in [2.24, 2.45) is 0 Å². The van der Waals surface area contributed by atoms with E-state index in [0.29, 0.717) is 10.7 Å². The van der Waals surface area contributed by atoms with Gasteiger partial charge in [0.25, 0.3) is 5.91 Å². The van der Waals surface area contributed by atoms with Crippen molar-refractivity contribution >= 4 is 22.9 Å². The molecular formula is C11H10N2O2S. The lowest BCUT2D eigenvalue weighted by Gasteiger charge is -2.06. The van der Waals surface area contributed by atoms with E-state index in [1.165, 1.54) is 17.4 Å². The van der Waals surface area contributed by atoms with Gasteiger partial charge in [-0.15, -0.1) is 11.3 Å². The molecule has 1 amide bonds. The summed E-state index contributed by atoms with van der Waals surface area (Å²) in [7, 11) is 0. The molecule has 2 N–H and O–H groups in total. The van der Waals surface area contributed by atoms with Crippen LogP contribution < -0.4 is 5.32 Å². The van der Waals surface area contributed by atoms with Crippen LogP contribution in [0.1, 0.15) is 15.4 Å². The van der Waals surface area contributed by atoms with Gasteiger partial charge in [-0.3, -0.25) is 4.79 Å². The highest BCUT2D eigenvalue weighted by molar-refractivity contribution is 7.11. The minimum atomic E-state index is -0.233. The SMILES string of the molecule is Cc1cc(O)ccc1NC(=O)c1nccs1. The number of hydrogen-bond donors (Lipinski definition) is 2. The average Bonchev–Trinajstić information content (AvgIpc) is 2.75. The van der Waals surface area contributed by atoms with Gasteiger partial charge < -0.3 is 10.4 Å².